The Kier molecular flexibility index (Phi) is 2.65. The number of aryl methyl sites for hydroxylation is 1. The van der Waals surface area contributed by atoms with Crippen molar-refractivity contribution in [2.75, 3.05) is 0 Å². The average molecular weight is 292 g/mol. The minimum absolute atomic E-state index is 0.229. The van der Waals surface area contributed by atoms with Gasteiger partial charge in [-0.25, -0.2) is 0 Å². The third kappa shape index (κ3) is 1.83. The van der Waals surface area contributed by atoms with Gasteiger partial charge in [-0.15, -0.1) is 10.2 Å². The van der Waals surface area contributed by atoms with Crippen molar-refractivity contribution < 1.29 is 0 Å². The maximum atomic E-state index is 12.5. The number of hydrogen-bond acceptors (Lipinski definition) is 4. The molecule has 3 heterocycles. The van der Waals surface area contributed by atoms with Gasteiger partial charge in [-0.05, 0) is 18.6 Å². The SMILES string of the molecule is Cc1ccc(-c2c[nH]n3c(=O)c(-c4ccn[nH]4)nnc23)cc1. The molecule has 0 saturated carbocycles. The maximum absolute atomic E-state index is 12.5. The van der Waals surface area contributed by atoms with E-state index in [1.807, 2.05) is 31.2 Å². The van der Waals surface area contributed by atoms with Crippen LogP contribution >= 0.6 is 0 Å². The second kappa shape index (κ2) is 4.66. The van der Waals surface area contributed by atoms with E-state index in [1.54, 1.807) is 18.5 Å². The summed E-state index contributed by atoms with van der Waals surface area (Å²) in [7, 11) is 0. The summed E-state index contributed by atoms with van der Waals surface area (Å²) in [6.45, 7) is 2.03. The highest BCUT2D eigenvalue weighted by Gasteiger charge is 2.14. The molecular formula is C15H12N6O. The fourth-order valence-corrected chi connectivity index (χ4v) is 2.38. The van der Waals surface area contributed by atoms with Crippen molar-refractivity contribution in [1.82, 2.24) is 30.0 Å². The zero-order valence-corrected chi connectivity index (χ0v) is 11.7. The van der Waals surface area contributed by atoms with Gasteiger partial charge in [-0.1, -0.05) is 29.8 Å². The van der Waals surface area contributed by atoms with E-state index in [4.69, 9.17) is 0 Å². The molecule has 0 fully saturated rings. The molecule has 4 aromatic rings. The summed E-state index contributed by atoms with van der Waals surface area (Å²) in [5.74, 6) is 0. The number of hydrogen-bond donors (Lipinski definition) is 2. The molecule has 7 nitrogen and oxygen atoms in total. The smallest absolute Gasteiger partial charge is 0.296 e. The average Bonchev–Trinajstić information content (AvgIpc) is 3.18. The highest BCUT2D eigenvalue weighted by molar-refractivity contribution is 5.77. The Balaban J connectivity index is 1.92. The van der Waals surface area contributed by atoms with E-state index >= 15 is 0 Å². The Labute approximate surface area is 124 Å². The number of aromatic nitrogens is 6. The van der Waals surface area contributed by atoms with Crippen LogP contribution in [0, 0.1) is 6.92 Å². The Morgan fingerprint density at radius 3 is 2.64 bits per heavy atom. The number of nitrogens with zero attached hydrogens (tertiary/aromatic N) is 4. The number of aromatic amines is 2. The van der Waals surface area contributed by atoms with E-state index in [0.717, 1.165) is 11.1 Å². The van der Waals surface area contributed by atoms with E-state index in [2.05, 4.69) is 25.5 Å². The van der Waals surface area contributed by atoms with E-state index in [1.165, 1.54) is 10.1 Å². The molecule has 1 aromatic carbocycles. The van der Waals surface area contributed by atoms with Crippen molar-refractivity contribution in [3.63, 3.8) is 0 Å². The van der Waals surface area contributed by atoms with Crippen LogP contribution in [0.25, 0.3) is 28.2 Å². The second-order valence-electron chi connectivity index (χ2n) is 5.04. The normalized spacial score (nSPS) is 11.1. The summed E-state index contributed by atoms with van der Waals surface area (Å²) in [6, 6.07) is 9.70. The van der Waals surface area contributed by atoms with Crippen LogP contribution in [0.5, 0.6) is 0 Å². The van der Waals surface area contributed by atoms with E-state index in [-0.39, 0.29) is 11.3 Å². The molecular weight excluding hydrogens is 280 g/mol. The van der Waals surface area contributed by atoms with E-state index < -0.39 is 0 Å². The van der Waals surface area contributed by atoms with Crippen molar-refractivity contribution in [3.8, 4) is 22.5 Å². The molecule has 0 radical (unpaired) electrons. The minimum atomic E-state index is -0.271. The topological polar surface area (TPSA) is 91.7 Å². The molecule has 0 atom stereocenters. The standard InChI is InChI=1S/C15H12N6O/c1-9-2-4-10(5-3-9)11-8-17-21-14(11)20-19-13(15(21)22)12-6-7-16-18-12/h2-8,17H,1H3,(H,16,18). The lowest BCUT2D eigenvalue weighted by Gasteiger charge is -2.00. The first-order chi connectivity index (χ1) is 10.7. The Morgan fingerprint density at radius 1 is 1.09 bits per heavy atom. The molecule has 4 rings (SSSR count). The van der Waals surface area contributed by atoms with Gasteiger partial charge in [0.05, 0.1) is 5.69 Å². The van der Waals surface area contributed by atoms with Crippen LogP contribution in [0.15, 0.2) is 47.5 Å². The molecule has 0 aliphatic heterocycles. The highest BCUT2D eigenvalue weighted by atomic mass is 16.1. The molecule has 0 aliphatic carbocycles. The number of benzene rings is 1. The molecule has 0 spiro atoms. The van der Waals surface area contributed by atoms with Crippen LogP contribution in [-0.2, 0) is 0 Å². The molecule has 7 heteroatoms. The number of rotatable bonds is 2. The van der Waals surface area contributed by atoms with Crippen molar-refractivity contribution in [2.24, 2.45) is 0 Å². The zero-order valence-electron chi connectivity index (χ0n) is 11.7. The summed E-state index contributed by atoms with van der Waals surface area (Å²) in [6.07, 6.45) is 3.32. The molecule has 3 aromatic heterocycles. The largest absolute Gasteiger partial charge is 0.301 e. The Morgan fingerprint density at radius 2 is 1.91 bits per heavy atom. The van der Waals surface area contributed by atoms with Gasteiger partial charge in [-0.3, -0.25) is 15.0 Å². The van der Waals surface area contributed by atoms with Gasteiger partial charge in [0.25, 0.3) is 0 Å². The van der Waals surface area contributed by atoms with Crippen LogP contribution in [0.3, 0.4) is 0 Å². The summed E-state index contributed by atoms with van der Waals surface area (Å²) in [5, 5.41) is 17.7. The van der Waals surface area contributed by atoms with Crippen LogP contribution in [-0.4, -0.2) is 30.0 Å². The first kappa shape index (κ1) is 12.5. The number of nitrogens with one attached hydrogen (secondary N) is 2. The molecule has 2 N–H and O–H groups in total. The van der Waals surface area contributed by atoms with Gasteiger partial charge in [0, 0.05) is 18.0 Å². The van der Waals surface area contributed by atoms with Crippen LogP contribution in [0.4, 0.5) is 0 Å². The number of H-pyrrole nitrogens is 2. The van der Waals surface area contributed by atoms with Gasteiger partial charge in [-0.2, -0.15) is 9.61 Å². The molecule has 108 valence electrons. The van der Waals surface area contributed by atoms with Crippen molar-refractivity contribution in [3.05, 3.63) is 58.6 Å². The summed E-state index contributed by atoms with van der Waals surface area (Å²) < 4.78 is 1.39. The van der Waals surface area contributed by atoms with E-state index in [0.29, 0.717) is 11.3 Å². The fourth-order valence-electron chi connectivity index (χ4n) is 2.38. The Hall–Kier alpha value is -3.22. The van der Waals surface area contributed by atoms with Crippen molar-refractivity contribution in [1.29, 1.82) is 0 Å². The third-order valence-electron chi connectivity index (χ3n) is 3.56. The molecule has 0 bridgehead atoms. The predicted molar refractivity (Wildman–Crippen MR) is 81.4 cm³/mol. The minimum Gasteiger partial charge on any atom is -0.296 e. The third-order valence-corrected chi connectivity index (χ3v) is 3.56. The van der Waals surface area contributed by atoms with Gasteiger partial charge < -0.3 is 0 Å². The maximum Gasteiger partial charge on any atom is 0.301 e. The Bertz CT molecular complexity index is 995. The van der Waals surface area contributed by atoms with Gasteiger partial charge in [0.2, 0.25) is 0 Å². The monoisotopic (exact) mass is 292 g/mol. The lowest BCUT2D eigenvalue weighted by atomic mass is 10.1. The fraction of sp³-hybridized carbons (Fsp3) is 0.0667. The predicted octanol–water partition coefficient (Wildman–Crippen LogP) is 1.78. The van der Waals surface area contributed by atoms with Crippen molar-refractivity contribution >= 4 is 5.65 Å². The molecule has 0 saturated heterocycles. The van der Waals surface area contributed by atoms with Crippen molar-refractivity contribution in [2.45, 2.75) is 6.92 Å². The first-order valence-electron chi connectivity index (χ1n) is 6.77. The second-order valence-corrected chi connectivity index (χ2v) is 5.04. The molecule has 0 amide bonds. The van der Waals surface area contributed by atoms with Crippen LogP contribution < -0.4 is 5.56 Å². The number of fused-ring (bicyclic) bond motifs is 1. The lowest BCUT2D eigenvalue weighted by molar-refractivity contribution is 0.854. The summed E-state index contributed by atoms with van der Waals surface area (Å²) >= 11 is 0. The molecule has 0 unspecified atom stereocenters. The zero-order chi connectivity index (χ0) is 15.1. The first-order valence-corrected chi connectivity index (χ1v) is 6.77. The highest BCUT2D eigenvalue weighted by Crippen LogP contribution is 2.22. The van der Waals surface area contributed by atoms with Gasteiger partial charge in [0.1, 0.15) is 0 Å². The van der Waals surface area contributed by atoms with Crippen LogP contribution in [0.1, 0.15) is 5.56 Å². The quantitative estimate of drug-likeness (QED) is 0.589. The lowest BCUT2D eigenvalue weighted by Crippen LogP contribution is -2.19. The molecule has 22 heavy (non-hydrogen) atoms. The molecule has 0 aliphatic rings. The van der Waals surface area contributed by atoms with Crippen LogP contribution in [0.2, 0.25) is 0 Å². The van der Waals surface area contributed by atoms with Gasteiger partial charge in [0.15, 0.2) is 11.3 Å². The summed E-state index contributed by atoms with van der Waals surface area (Å²) in [4.78, 5) is 12.5. The van der Waals surface area contributed by atoms with E-state index in [9.17, 15) is 4.79 Å². The van der Waals surface area contributed by atoms with Gasteiger partial charge >= 0.3 is 5.56 Å². The summed E-state index contributed by atoms with van der Waals surface area (Å²) in [5.41, 5.74) is 3.98.